The zero-order valence-electron chi connectivity index (χ0n) is 17.0. The summed E-state index contributed by atoms with van der Waals surface area (Å²) in [5.41, 5.74) is 1.57. The third-order valence-corrected chi connectivity index (χ3v) is 7.06. The molecule has 0 unspecified atom stereocenters. The van der Waals surface area contributed by atoms with E-state index in [0.29, 0.717) is 30.4 Å². The second kappa shape index (κ2) is 8.49. The first kappa shape index (κ1) is 21.0. The Labute approximate surface area is 181 Å². The van der Waals surface area contributed by atoms with Gasteiger partial charge in [-0.25, -0.2) is 27.8 Å². The van der Waals surface area contributed by atoms with Crippen LogP contribution in [0.3, 0.4) is 0 Å². The van der Waals surface area contributed by atoms with Gasteiger partial charge in [0.1, 0.15) is 11.6 Å². The van der Waals surface area contributed by atoms with Crippen molar-refractivity contribution in [2.45, 2.75) is 39.2 Å². The van der Waals surface area contributed by atoms with Gasteiger partial charge in [-0.05, 0) is 44.4 Å². The van der Waals surface area contributed by atoms with Crippen molar-refractivity contribution < 1.29 is 8.42 Å². The summed E-state index contributed by atoms with van der Waals surface area (Å²) < 4.78 is 28.7. The molecule has 1 N–H and O–H groups in total. The topological polar surface area (TPSA) is 93.0 Å². The number of hydrogen-bond donors (Lipinski definition) is 1. The minimum Gasteiger partial charge on any atom is -0.356 e. The molecule has 1 fully saturated rings. The van der Waals surface area contributed by atoms with Gasteiger partial charge in [-0.3, -0.25) is 0 Å². The van der Waals surface area contributed by atoms with Crippen molar-refractivity contribution in [3.63, 3.8) is 0 Å². The lowest BCUT2D eigenvalue weighted by molar-refractivity contribution is 0.458. The summed E-state index contributed by atoms with van der Waals surface area (Å²) in [6.45, 7) is 5.17. The van der Waals surface area contributed by atoms with Crippen molar-refractivity contribution in [3.05, 3.63) is 41.3 Å². The molecular formula is C20H25ClN6O2S. The van der Waals surface area contributed by atoms with Gasteiger partial charge in [0, 0.05) is 24.2 Å². The number of fused-ring (bicyclic) bond motifs is 1. The average molecular weight is 449 g/mol. The number of piperidine rings is 1. The van der Waals surface area contributed by atoms with Crippen LogP contribution in [-0.2, 0) is 10.0 Å². The van der Waals surface area contributed by atoms with E-state index >= 15 is 0 Å². The van der Waals surface area contributed by atoms with Gasteiger partial charge in [0.15, 0.2) is 5.65 Å². The van der Waals surface area contributed by atoms with E-state index in [1.807, 2.05) is 38.1 Å². The first-order chi connectivity index (χ1) is 14.4. The van der Waals surface area contributed by atoms with Crippen LogP contribution in [0.2, 0.25) is 5.02 Å². The zero-order chi connectivity index (χ0) is 21.3. The minimum absolute atomic E-state index is 0.0367. The molecule has 8 nitrogen and oxygen atoms in total. The molecule has 3 aromatic rings. The predicted octanol–water partition coefficient (Wildman–Crippen LogP) is 3.08. The van der Waals surface area contributed by atoms with E-state index in [1.165, 1.54) is 0 Å². The normalized spacial score (nSPS) is 15.8. The average Bonchev–Trinajstić information content (AvgIpc) is 3.11. The lowest BCUT2D eigenvalue weighted by atomic mass is 10.1. The summed E-state index contributed by atoms with van der Waals surface area (Å²) in [5.74, 6) is 1.66. The standard InChI is InChI=1S/C20H25ClN6O2S/c1-3-11-30(28,29)25-16-7-9-26(10-8-16)19-18-13-22-27(20(18)24-14(2)23-19)17-6-4-5-15(21)12-17/h4-6,12-13,16,25H,3,7-11H2,1-2H3. The number of sulfonamides is 1. The van der Waals surface area contributed by atoms with E-state index < -0.39 is 10.0 Å². The summed E-state index contributed by atoms with van der Waals surface area (Å²) in [6.07, 6.45) is 3.86. The summed E-state index contributed by atoms with van der Waals surface area (Å²) in [5, 5.41) is 6.02. The molecule has 0 bridgehead atoms. The van der Waals surface area contributed by atoms with Crippen LogP contribution < -0.4 is 9.62 Å². The lowest BCUT2D eigenvalue weighted by Crippen LogP contribution is -2.45. The molecule has 1 aliphatic heterocycles. The van der Waals surface area contributed by atoms with Crippen molar-refractivity contribution in [2.24, 2.45) is 0 Å². The van der Waals surface area contributed by atoms with Crippen LogP contribution in [0.25, 0.3) is 16.7 Å². The highest BCUT2D eigenvalue weighted by molar-refractivity contribution is 7.89. The number of hydrogen-bond acceptors (Lipinski definition) is 6. The molecule has 1 aliphatic rings. The molecule has 0 saturated carbocycles. The van der Waals surface area contributed by atoms with Gasteiger partial charge in [-0.15, -0.1) is 0 Å². The molecule has 0 amide bonds. The fourth-order valence-electron chi connectivity index (χ4n) is 3.83. The Hall–Kier alpha value is -2.23. The number of nitrogens with zero attached hydrogens (tertiary/aromatic N) is 5. The maximum Gasteiger partial charge on any atom is 0.211 e. The molecule has 0 spiro atoms. The molecule has 1 saturated heterocycles. The van der Waals surface area contributed by atoms with Gasteiger partial charge in [0.25, 0.3) is 0 Å². The van der Waals surface area contributed by atoms with Crippen molar-refractivity contribution in [3.8, 4) is 5.69 Å². The Balaban J connectivity index is 1.59. The van der Waals surface area contributed by atoms with Crippen LogP contribution in [0.5, 0.6) is 0 Å². The Morgan fingerprint density at radius 1 is 1.23 bits per heavy atom. The van der Waals surface area contributed by atoms with Crippen LogP contribution in [0, 0.1) is 6.92 Å². The summed E-state index contributed by atoms with van der Waals surface area (Å²) in [7, 11) is -3.20. The molecule has 3 heterocycles. The quantitative estimate of drug-likeness (QED) is 0.622. The molecular weight excluding hydrogens is 424 g/mol. The van der Waals surface area contributed by atoms with Crippen molar-refractivity contribution in [2.75, 3.05) is 23.7 Å². The van der Waals surface area contributed by atoms with Gasteiger partial charge < -0.3 is 4.90 Å². The van der Waals surface area contributed by atoms with E-state index in [4.69, 9.17) is 11.6 Å². The summed E-state index contributed by atoms with van der Waals surface area (Å²) in [6, 6.07) is 7.44. The van der Waals surface area contributed by atoms with Gasteiger partial charge in [-0.1, -0.05) is 24.6 Å². The zero-order valence-corrected chi connectivity index (χ0v) is 18.6. The molecule has 2 aromatic heterocycles. The maximum atomic E-state index is 12.1. The molecule has 0 aliphatic carbocycles. The SMILES string of the molecule is CCCS(=O)(=O)NC1CCN(c2nc(C)nc3c2cnn3-c2cccc(Cl)c2)CC1. The molecule has 30 heavy (non-hydrogen) atoms. The van der Waals surface area contributed by atoms with Crippen molar-refractivity contribution >= 4 is 38.5 Å². The largest absolute Gasteiger partial charge is 0.356 e. The monoisotopic (exact) mass is 448 g/mol. The molecule has 0 radical (unpaired) electrons. The van der Waals surface area contributed by atoms with Gasteiger partial charge in [0.05, 0.1) is 23.0 Å². The van der Waals surface area contributed by atoms with E-state index in [1.54, 1.807) is 10.9 Å². The Kier molecular flexibility index (Phi) is 5.95. The molecule has 10 heteroatoms. The number of benzene rings is 1. The third kappa shape index (κ3) is 4.43. The Morgan fingerprint density at radius 3 is 2.70 bits per heavy atom. The number of aromatic nitrogens is 4. The van der Waals surface area contributed by atoms with Crippen molar-refractivity contribution in [1.82, 2.24) is 24.5 Å². The molecule has 160 valence electrons. The summed E-state index contributed by atoms with van der Waals surface area (Å²) in [4.78, 5) is 11.5. The second-order valence-electron chi connectivity index (χ2n) is 7.57. The first-order valence-corrected chi connectivity index (χ1v) is 12.1. The number of nitrogens with one attached hydrogen (secondary N) is 1. The first-order valence-electron chi connectivity index (χ1n) is 10.1. The van der Waals surface area contributed by atoms with Crippen LogP contribution in [-0.4, -0.2) is 53.1 Å². The van der Waals surface area contributed by atoms with E-state index in [-0.39, 0.29) is 11.8 Å². The van der Waals surface area contributed by atoms with Gasteiger partial charge in [0.2, 0.25) is 10.0 Å². The highest BCUT2D eigenvalue weighted by atomic mass is 35.5. The number of halogens is 1. The minimum atomic E-state index is -3.20. The van der Waals surface area contributed by atoms with Crippen LogP contribution in [0.1, 0.15) is 32.0 Å². The predicted molar refractivity (Wildman–Crippen MR) is 119 cm³/mol. The van der Waals surface area contributed by atoms with E-state index in [2.05, 4.69) is 24.7 Å². The number of rotatable bonds is 6. The number of aryl methyl sites for hydroxylation is 1. The van der Waals surface area contributed by atoms with Crippen LogP contribution in [0.15, 0.2) is 30.5 Å². The van der Waals surface area contributed by atoms with E-state index in [9.17, 15) is 8.42 Å². The van der Waals surface area contributed by atoms with E-state index in [0.717, 1.165) is 35.4 Å². The smallest absolute Gasteiger partial charge is 0.211 e. The highest BCUT2D eigenvalue weighted by Gasteiger charge is 2.26. The number of anilines is 1. The fraction of sp³-hybridized carbons (Fsp3) is 0.450. The van der Waals surface area contributed by atoms with Gasteiger partial charge in [-0.2, -0.15) is 5.10 Å². The lowest BCUT2D eigenvalue weighted by Gasteiger charge is -2.33. The van der Waals surface area contributed by atoms with Gasteiger partial charge >= 0.3 is 0 Å². The highest BCUT2D eigenvalue weighted by Crippen LogP contribution is 2.28. The van der Waals surface area contributed by atoms with Crippen LogP contribution >= 0.6 is 11.6 Å². The summed E-state index contributed by atoms with van der Waals surface area (Å²) >= 11 is 6.15. The third-order valence-electron chi connectivity index (χ3n) is 5.19. The molecule has 0 atom stereocenters. The molecule has 4 rings (SSSR count). The van der Waals surface area contributed by atoms with Crippen molar-refractivity contribution in [1.29, 1.82) is 0 Å². The fourth-order valence-corrected chi connectivity index (χ4v) is 5.41. The Bertz CT molecular complexity index is 1160. The molecule has 1 aromatic carbocycles. The Morgan fingerprint density at radius 2 is 2.00 bits per heavy atom. The maximum absolute atomic E-state index is 12.1. The second-order valence-corrected chi connectivity index (χ2v) is 9.88. The van der Waals surface area contributed by atoms with Crippen LogP contribution in [0.4, 0.5) is 5.82 Å².